The Kier molecular flexibility index (Phi) is 31.9. The van der Waals surface area contributed by atoms with E-state index in [0.717, 1.165) is 64.2 Å². The largest absolute Gasteiger partial charge is 2.00 e. The van der Waals surface area contributed by atoms with E-state index in [4.69, 9.17) is 0 Å². The van der Waals surface area contributed by atoms with E-state index in [1.54, 1.807) is 40.1 Å². The summed E-state index contributed by atoms with van der Waals surface area (Å²) in [5.74, 6) is -4.66. The minimum Gasteiger partial charge on any atom is -0.544 e. The van der Waals surface area contributed by atoms with Crippen molar-refractivity contribution in [3.8, 4) is 0 Å². The average molecular weight is 727 g/mol. The quantitative estimate of drug-likeness (QED) is 0.0529. The Balaban J connectivity index is -0.000000846. The molecule has 0 rings (SSSR count). The summed E-state index contributed by atoms with van der Waals surface area (Å²) in [5, 5.41) is 61.4. The molecule has 0 aromatic heterocycles. The third kappa shape index (κ3) is 17.5. The van der Waals surface area contributed by atoms with Gasteiger partial charge in [-0.1, -0.05) is 80.1 Å². The summed E-state index contributed by atoms with van der Waals surface area (Å²) in [6, 6.07) is -3.84. The number of unbranched alkanes of at least 4 members (excludes halogenated alkanes) is 8. The first kappa shape index (κ1) is 51.8. The Bertz CT molecular complexity index is 855. The molecule has 0 aliphatic rings. The van der Waals surface area contributed by atoms with E-state index < -0.39 is 48.0 Å². The summed E-state index contributed by atoms with van der Waals surface area (Å²) >= 11 is 0. The van der Waals surface area contributed by atoms with Crippen LogP contribution in [0.25, 0.3) is 0 Å². The Morgan fingerprint density at radius 2 is 0.857 bits per heavy atom. The van der Waals surface area contributed by atoms with Crippen LogP contribution in [0.3, 0.4) is 0 Å². The first-order valence-corrected chi connectivity index (χ1v) is 18.0. The fourth-order valence-corrected chi connectivity index (χ4v) is 6.73. The number of aliphatic carboxylic acids is 4. The van der Waals surface area contributed by atoms with E-state index in [2.05, 4.69) is 13.8 Å². The zero-order valence-corrected chi connectivity index (χ0v) is 33.4. The molecule has 0 spiro atoms. The van der Waals surface area contributed by atoms with Gasteiger partial charge < -0.3 is 40.2 Å². The third-order valence-electron chi connectivity index (χ3n) is 9.17. The molecule has 0 bridgehead atoms. The van der Waals surface area contributed by atoms with Crippen LogP contribution in [0.5, 0.6) is 0 Å². The number of hydrogen-bond donors (Lipinski definition) is 4. The maximum atomic E-state index is 11.7. The number of aliphatic hydroxyl groups is 2. The van der Waals surface area contributed by atoms with Crippen LogP contribution in [0.4, 0.5) is 0 Å². The van der Waals surface area contributed by atoms with Gasteiger partial charge in [0.1, 0.15) is 25.2 Å². The van der Waals surface area contributed by atoms with Crippen molar-refractivity contribution in [2.75, 3.05) is 26.3 Å². The number of quaternary nitrogens is 2. The molecular weight excluding hydrogens is 660 g/mol. The second-order valence-corrected chi connectivity index (χ2v) is 12.4. The Labute approximate surface area is 325 Å². The molecule has 49 heavy (non-hydrogen) atoms. The van der Waals surface area contributed by atoms with Gasteiger partial charge in [0.05, 0.1) is 37.6 Å². The van der Waals surface area contributed by atoms with E-state index in [9.17, 15) is 49.8 Å². The van der Waals surface area contributed by atoms with Crippen molar-refractivity contribution < 1.29 is 58.8 Å². The van der Waals surface area contributed by atoms with E-state index in [0.29, 0.717) is 0 Å². The molecule has 280 valence electrons. The SMILES string of the molecule is CCCCCC/C=C/[N+](CCO)(C(CC)C(=O)[O-])C(CC)C(=O)O.CCCCCC/C=C/[N+](CCO)(C(CC)C(=O)[O-])C(CC)C(=O)O.[Ca+2]. The second-order valence-electron chi connectivity index (χ2n) is 12.4. The molecule has 0 saturated heterocycles. The van der Waals surface area contributed by atoms with Crippen LogP contribution in [-0.4, -0.2) is 141 Å². The molecule has 6 atom stereocenters. The van der Waals surface area contributed by atoms with Crippen molar-refractivity contribution in [2.24, 2.45) is 0 Å². The molecule has 12 nitrogen and oxygen atoms in total. The molecule has 0 radical (unpaired) electrons. The number of carboxylic acid groups (broad SMARTS) is 4. The molecule has 13 heteroatoms. The number of carbonyl (C=O) groups is 4. The van der Waals surface area contributed by atoms with E-state index in [-0.39, 0.29) is 98.7 Å². The van der Waals surface area contributed by atoms with Crippen LogP contribution in [0.2, 0.25) is 0 Å². The minimum absolute atomic E-state index is 0. The Morgan fingerprint density at radius 1 is 0.551 bits per heavy atom. The van der Waals surface area contributed by atoms with Crippen LogP contribution in [0, 0.1) is 0 Å². The zero-order valence-electron chi connectivity index (χ0n) is 31.2. The summed E-state index contributed by atoms with van der Waals surface area (Å²) in [4.78, 5) is 46.7. The van der Waals surface area contributed by atoms with Gasteiger partial charge in [-0.05, 0) is 37.8 Å². The van der Waals surface area contributed by atoms with Crippen LogP contribution in [0.1, 0.15) is 131 Å². The summed E-state index contributed by atoms with van der Waals surface area (Å²) in [6.07, 6.45) is 18.4. The summed E-state index contributed by atoms with van der Waals surface area (Å²) < 4.78 is -0.593. The van der Waals surface area contributed by atoms with Crippen LogP contribution >= 0.6 is 0 Å². The molecule has 0 heterocycles. The molecule has 0 aliphatic carbocycles. The van der Waals surface area contributed by atoms with Gasteiger partial charge in [0, 0.05) is 25.7 Å². The number of nitrogens with zero attached hydrogens (tertiary/aromatic N) is 2. The molecule has 4 N–H and O–H groups in total. The molecular formula is C36H66CaN2O10+2. The van der Waals surface area contributed by atoms with E-state index in [1.165, 1.54) is 0 Å². The fraction of sp³-hybridized carbons (Fsp3) is 0.778. The van der Waals surface area contributed by atoms with Crippen molar-refractivity contribution in [2.45, 2.75) is 156 Å². The second kappa shape index (κ2) is 30.1. The van der Waals surface area contributed by atoms with Gasteiger partial charge in [-0.25, -0.2) is 9.59 Å². The topological polar surface area (TPSA) is 195 Å². The van der Waals surface area contributed by atoms with Gasteiger partial charge in [0.25, 0.3) is 0 Å². The smallest absolute Gasteiger partial charge is 0.544 e. The Morgan fingerprint density at radius 3 is 1.06 bits per heavy atom. The molecule has 0 fully saturated rings. The van der Waals surface area contributed by atoms with Gasteiger partial charge in [0.2, 0.25) is 0 Å². The monoisotopic (exact) mass is 726 g/mol. The van der Waals surface area contributed by atoms with Crippen molar-refractivity contribution >= 4 is 61.6 Å². The number of aliphatic hydroxyl groups excluding tert-OH is 2. The minimum atomic E-state index is -1.28. The van der Waals surface area contributed by atoms with Crippen molar-refractivity contribution in [1.29, 1.82) is 0 Å². The molecule has 0 aromatic rings. The summed E-state index contributed by atoms with van der Waals surface area (Å²) in [6.45, 7) is 10.6. The van der Waals surface area contributed by atoms with Crippen LogP contribution < -0.4 is 10.2 Å². The third-order valence-corrected chi connectivity index (χ3v) is 9.17. The molecule has 6 unspecified atom stereocenters. The molecule has 0 saturated carbocycles. The Hall–Kier alpha value is -1.54. The normalized spacial score (nSPS) is 16.3. The first-order chi connectivity index (χ1) is 22.8. The molecule has 0 amide bonds. The number of allylic oxidation sites excluding steroid dienone is 2. The van der Waals surface area contributed by atoms with Gasteiger partial charge in [-0.15, -0.1) is 0 Å². The predicted octanol–water partition coefficient (Wildman–Crippen LogP) is 2.96. The van der Waals surface area contributed by atoms with Gasteiger partial charge in [-0.2, -0.15) is 0 Å². The number of carbonyl (C=O) groups excluding carboxylic acids is 2. The number of carboxylic acids is 4. The van der Waals surface area contributed by atoms with Gasteiger partial charge in [-0.3, -0.25) is 8.97 Å². The van der Waals surface area contributed by atoms with Crippen molar-refractivity contribution in [1.82, 2.24) is 0 Å². The zero-order chi connectivity index (χ0) is 37.2. The van der Waals surface area contributed by atoms with Crippen molar-refractivity contribution in [3.63, 3.8) is 0 Å². The standard InChI is InChI=1S/2C18H33NO5.Ca/c2*1-4-7-8-9-10-11-12-19(13-14-20,15(5-2)17(21)22)16(6-3)18(23)24;/h2*11-12,15-16,20H,4-10,13-14H2,1-3H3,(H-,21,22,23,24);/q;;+2/b2*12-11+;. The number of hydrogen-bond acceptors (Lipinski definition) is 8. The van der Waals surface area contributed by atoms with Crippen molar-refractivity contribution in [3.05, 3.63) is 24.6 Å². The van der Waals surface area contributed by atoms with E-state index in [1.807, 2.05) is 12.2 Å². The molecule has 0 aromatic carbocycles. The fourth-order valence-electron chi connectivity index (χ4n) is 6.73. The van der Waals surface area contributed by atoms with Crippen LogP contribution in [-0.2, 0) is 19.2 Å². The van der Waals surface area contributed by atoms with Crippen LogP contribution in [0.15, 0.2) is 24.6 Å². The summed E-state index contributed by atoms with van der Waals surface area (Å²) in [7, 11) is 0. The average Bonchev–Trinajstić information content (AvgIpc) is 3.01. The maximum absolute atomic E-state index is 11.7. The van der Waals surface area contributed by atoms with Gasteiger partial charge >= 0.3 is 49.7 Å². The number of rotatable bonds is 28. The van der Waals surface area contributed by atoms with Gasteiger partial charge in [0.15, 0.2) is 12.1 Å². The first-order valence-electron chi connectivity index (χ1n) is 18.0. The maximum Gasteiger partial charge on any atom is 2.00 e. The van der Waals surface area contributed by atoms with E-state index >= 15 is 0 Å². The summed E-state index contributed by atoms with van der Waals surface area (Å²) in [5.41, 5.74) is 0. The predicted molar refractivity (Wildman–Crippen MR) is 188 cm³/mol. The molecule has 0 aliphatic heterocycles.